The van der Waals surface area contributed by atoms with Crippen molar-refractivity contribution in [3.05, 3.63) is 34.2 Å². The number of aromatic nitrogens is 2. The molecule has 0 radical (unpaired) electrons. The second-order valence-corrected chi connectivity index (χ2v) is 11.7. The number of ketones is 2. The van der Waals surface area contributed by atoms with Gasteiger partial charge in [-0.3, -0.25) is 20.3 Å². The number of unbranched alkanes of at least 4 members (excludes halogenated alkanes) is 2. The van der Waals surface area contributed by atoms with E-state index >= 15 is 0 Å². The van der Waals surface area contributed by atoms with Gasteiger partial charge in [-0.1, -0.05) is 13.3 Å². The SMILES string of the molecule is CCC(=O)COCCOCCOCCOCCOCCCC(=O)CCCCCSc1nonc1C(=Nc1ccc(F)c(Br)c1)NO. The van der Waals surface area contributed by atoms with Gasteiger partial charge < -0.3 is 23.7 Å². The Hall–Kier alpha value is -2.31. The standard InChI is InChI=1S/C30H44BrFN4O9S/c1-2-24(37)22-44-19-18-43-17-16-42-15-14-41-13-12-40-11-6-8-25(38)7-4-3-5-20-46-30-28(35-45-36-30)29(34-39)33-23-9-10-27(32)26(31)21-23/h9-10,21,39H,2-8,11-20,22H2,1H3,(H,33,34). The quantitative estimate of drug-likeness (QED) is 0.0391. The molecule has 0 fully saturated rings. The zero-order valence-corrected chi connectivity index (χ0v) is 28.6. The van der Waals surface area contributed by atoms with E-state index in [4.69, 9.17) is 28.3 Å². The molecule has 1 aromatic carbocycles. The molecule has 2 rings (SSSR count). The van der Waals surface area contributed by atoms with Crippen LogP contribution in [0.1, 0.15) is 57.6 Å². The summed E-state index contributed by atoms with van der Waals surface area (Å²) >= 11 is 4.51. The molecule has 0 bridgehead atoms. The smallest absolute Gasteiger partial charge is 0.186 e. The summed E-state index contributed by atoms with van der Waals surface area (Å²) < 4.78 is 45.5. The van der Waals surface area contributed by atoms with E-state index in [1.807, 2.05) is 5.48 Å². The van der Waals surface area contributed by atoms with Crippen molar-refractivity contribution in [2.45, 2.75) is 56.9 Å². The normalized spacial score (nSPS) is 11.7. The van der Waals surface area contributed by atoms with E-state index in [1.54, 1.807) is 6.92 Å². The number of carbonyl (C=O) groups excluding carboxylic acids is 2. The average molecular weight is 736 g/mol. The first-order chi connectivity index (χ1) is 22.4. The van der Waals surface area contributed by atoms with Gasteiger partial charge in [0.15, 0.2) is 22.3 Å². The Bertz CT molecular complexity index is 1180. The molecule has 46 heavy (non-hydrogen) atoms. The number of ether oxygens (including phenoxy) is 5. The first-order valence-corrected chi connectivity index (χ1v) is 17.0. The minimum atomic E-state index is -0.426. The van der Waals surface area contributed by atoms with Gasteiger partial charge in [0, 0.05) is 25.9 Å². The van der Waals surface area contributed by atoms with Crippen LogP contribution in [-0.4, -0.2) is 105 Å². The monoisotopic (exact) mass is 734 g/mol. The first kappa shape index (κ1) is 39.9. The molecule has 0 aliphatic rings. The van der Waals surface area contributed by atoms with Crippen LogP contribution in [0.25, 0.3) is 0 Å². The lowest BCUT2D eigenvalue weighted by Crippen LogP contribution is -2.21. The zero-order chi connectivity index (χ0) is 33.2. The predicted molar refractivity (Wildman–Crippen MR) is 172 cm³/mol. The van der Waals surface area contributed by atoms with E-state index in [0.29, 0.717) is 102 Å². The summed E-state index contributed by atoms with van der Waals surface area (Å²) in [5.41, 5.74) is 2.63. The molecule has 0 amide bonds. The lowest BCUT2D eigenvalue weighted by molar-refractivity contribution is -0.124. The van der Waals surface area contributed by atoms with Crippen molar-refractivity contribution in [3.8, 4) is 0 Å². The van der Waals surface area contributed by atoms with E-state index in [0.717, 1.165) is 19.3 Å². The van der Waals surface area contributed by atoms with Crippen LogP contribution in [-0.2, 0) is 33.3 Å². The van der Waals surface area contributed by atoms with Crippen molar-refractivity contribution in [3.63, 3.8) is 0 Å². The third-order valence-electron chi connectivity index (χ3n) is 6.16. The number of nitrogens with zero attached hydrogens (tertiary/aromatic N) is 3. The fraction of sp³-hybridized carbons (Fsp3) is 0.633. The minimum absolute atomic E-state index is 0.0224. The second kappa shape index (κ2) is 25.7. The van der Waals surface area contributed by atoms with Crippen LogP contribution >= 0.6 is 27.7 Å². The summed E-state index contributed by atoms with van der Waals surface area (Å²) in [6.07, 6.45) is 4.71. The van der Waals surface area contributed by atoms with Gasteiger partial charge in [0.1, 0.15) is 18.2 Å². The largest absolute Gasteiger partial charge is 0.379 e. The third-order valence-corrected chi connectivity index (χ3v) is 7.80. The Kier molecular flexibility index (Phi) is 22.3. The molecule has 0 saturated carbocycles. The highest BCUT2D eigenvalue weighted by Crippen LogP contribution is 2.25. The van der Waals surface area contributed by atoms with Crippen molar-refractivity contribution in [2.75, 3.05) is 71.8 Å². The highest BCUT2D eigenvalue weighted by atomic mass is 79.9. The minimum Gasteiger partial charge on any atom is -0.379 e. The maximum atomic E-state index is 13.5. The Morgan fingerprint density at radius 2 is 1.52 bits per heavy atom. The Labute approximate surface area is 281 Å². The molecule has 0 unspecified atom stereocenters. The van der Waals surface area contributed by atoms with Gasteiger partial charge in [-0.25, -0.2) is 14.0 Å². The molecular weight excluding hydrogens is 691 g/mol. The number of amidine groups is 1. The number of rotatable bonds is 28. The summed E-state index contributed by atoms with van der Waals surface area (Å²) in [6, 6.07) is 4.19. The maximum Gasteiger partial charge on any atom is 0.186 e. The fourth-order valence-electron chi connectivity index (χ4n) is 3.67. The number of hydrogen-bond donors (Lipinski definition) is 2. The number of nitrogens with one attached hydrogen (secondary N) is 1. The number of hydrogen-bond acceptors (Lipinski definition) is 13. The number of halogens is 2. The summed E-state index contributed by atoms with van der Waals surface area (Å²) in [5, 5.41) is 17.7. The molecule has 0 spiro atoms. The van der Waals surface area contributed by atoms with Gasteiger partial charge in [0.25, 0.3) is 0 Å². The fourth-order valence-corrected chi connectivity index (χ4v) is 4.93. The predicted octanol–water partition coefficient (Wildman–Crippen LogP) is 5.09. The zero-order valence-electron chi connectivity index (χ0n) is 26.2. The molecule has 13 nitrogen and oxygen atoms in total. The first-order valence-electron chi connectivity index (χ1n) is 15.3. The van der Waals surface area contributed by atoms with Crippen LogP contribution in [0.15, 0.2) is 37.3 Å². The third kappa shape index (κ3) is 18.1. The number of benzene rings is 1. The summed E-state index contributed by atoms with van der Waals surface area (Å²) in [4.78, 5) is 27.5. The van der Waals surface area contributed by atoms with Crippen LogP contribution in [0.4, 0.5) is 10.1 Å². The molecule has 0 aliphatic carbocycles. The van der Waals surface area contributed by atoms with Crippen molar-refractivity contribution in [1.29, 1.82) is 0 Å². The lowest BCUT2D eigenvalue weighted by Gasteiger charge is -2.08. The Balaban J connectivity index is 1.40. The van der Waals surface area contributed by atoms with Crippen LogP contribution in [0.3, 0.4) is 0 Å². The second-order valence-electron chi connectivity index (χ2n) is 9.78. The van der Waals surface area contributed by atoms with Gasteiger partial charge >= 0.3 is 0 Å². The lowest BCUT2D eigenvalue weighted by atomic mass is 10.1. The van der Waals surface area contributed by atoms with Crippen LogP contribution in [0, 0.1) is 5.82 Å². The molecular formula is C30H44BrFN4O9S. The number of carbonyl (C=O) groups is 2. The average Bonchev–Trinajstić information content (AvgIpc) is 3.52. The molecule has 2 aromatic rings. The van der Waals surface area contributed by atoms with Crippen LogP contribution in [0.5, 0.6) is 0 Å². The van der Waals surface area contributed by atoms with Crippen LogP contribution in [0.2, 0.25) is 0 Å². The van der Waals surface area contributed by atoms with E-state index in [9.17, 15) is 19.2 Å². The molecule has 0 aliphatic heterocycles. The van der Waals surface area contributed by atoms with Gasteiger partial charge in [-0.2, -0.15) is 0 Å². The van der Waals surface area contributed by atoms with E-state index in [-0.39, 0.29) is 34.2 Å². The number of aliphatic imine (C=N–C) groups is 1. The highest BCUT2D eigenvalue weighted by molar-refractivity contribution is 9.10. The molecule has 16 heteroatoms. The molecule has 0 saturated heterocycles. The Morgan fingerprint density at radius 3 is 2.15 bits per heavy atom. The topological polar surface area (TPSA) is 164 Å². The van der Waals surface area contributed by atoms with Crippen molar-refractivity contribution in [1.82, 2.24) is 15.8 Å². The maximum absolute atomic E-state index is 13.5. The van der Waals surface area contributed by atoms with Gasteiger partial charge in [-0.15, -0.1) is 11.8 Å². The van der Waals surface area contributed by atoms with E-state index in [2.05, 4.69) is 31.2 Å². The van der Waals surface area contributed by atoms with Crippen molar-refractivity contribution < 1.29 is 47.5 Å². The summed E-state index contributed by atoms with van der Waals surface area (Å²) in [7, 11) is 0. The summed E-state index contributed by atoms with van der Waals surface area (Å²) in [6.45, 7) is 6.03. The molecule has 1 aromatic heterocycles. The van der Waals surface area contributed by atoms with Gasteiger partial charge in [0.05, 0.1) is 63.0 Å². The van der Waals surface area contributed by atoms with Crippen molar-refractivity contribution in [2.24, 2.45) is 4.99 Å². The van der Waals surface area contributed by atoms with E-state index in [1.165, 1.54) is 30.0 Å². The Morgan fingerprint density at radius 1 is 0.891 bits per heavy atom. The molecule has 0 atom stereocenters. The number of Topliss-reactive ketones (excluding diaryl/α,β-unsaturated/α-hetero) is 2. The molecule has 1 heterocycles. The number of hydroxylamine groups is 1. The molecule has 2 N–H and O–H groups in total. The van der Waals surface area contributed by atoms with Crippen molar-refractivity contribution >= 4 is 50.8 Å². The summed E-state index contributed by atoms with van der Waals surface area (Å²) in [5.74, 6) is 0.610. The highest BCUT2D eigenvalue weighted by Gasteiger charge is 2.17. The van der Waals surface area contributed by atoms with Crippen LogP contribution < -0.4 is 5.48 Å². The van der Waals surface area contributed by atoms with E-state index < -0.39 is 5.82 Å². The molecule has 258 valence electrons. The number of thioether (sulfide) groups is 1. The van der Waals surface area contributed by atoms with Gasteiger partial charge in [0.2, 0.25) is 0 Å². The van der Waals surface area contributed by atoms with Gasteiger partial charge in [-0.05, 0) is 69.5 Å².